The fourth-order valence-corrected chi connectivity index (χ4v) is 2.07. The first-order chi connectivity index (χ1) is 9.86. The largest absolute Gasteiger partial charge is 0.354 e. The summed E-state index contributed by atoms with van der Waals surface area (Å²) in [6, 6.07) is 18.0. The molecule has 0 fully saturated rings. The molecule has 0 radical (unpaired) electrons. The molecule has 4 nitrogen and oxygen atoms in total. The van der Waals surface area contributed by atoms with E-state index in [1.807, 2.05) is 61.5 Å². The minimum atomic E-state index is 0.643. The monoisotopic (exact) mass is 264 g/mol. The zero-order valence-electron chi connectivity index (χ0n) is 11.3. The quantitative estimate of drug-likeness (QED) is 0.752. The Morgan fingerprint density at radius 2 is 1.65 bits per heavy atom. The molecule has 2 N–H and O–H groups in total. The Hall–Kier alpha value is -2.62. The van der Waals surface area contributed by atoms with Crippen LogP contribution in [0.5, 0.6) is 0 Å². The van der Waals surface area contributed by atoms with E-state index in [-0.39, 0.29) is 0 Å². The van der Waals surface area contributed by atoms with Gasteiger partial charge in [-0.2, -0.15) is 4.98 Å². The Labute approximate surface area is 117 Å². The first-order valence-corrected chi connectivity index (χ1v) is 6.69. The van der Waals surface area contributed by atoms with Crippen LogP contribution in [0, 0.1) is 0 Å². The van der Waals surface area contributed by atoms with Crippen molar-refractivity contribution in [3.8, 4) is 0 Å². The van der Waals surface area contributed by atoms with Crippen molar-refractivity contribution in [2.75, 3.05) is 17.2 Å². The topological polar surface area (TPSA) is 49.8 Å². The molecule has 1 heterocycles. The van der Waals surface area contributed by atoms with Crippen molar-refractivity contribution in [1.29, 1.82) is 0 Å². The molecule has 3 aromatic rings. The van der Waals surface area contributed by atoms with Crippen LogP contribution in [0.3, 0.4) is 0 Å². The molecule has 4 heteroatoms. The Bertz CT molecular complexity index is 710. The highest BCUT2D eigenvalue weighted by Gasteiger charge is 2.07. The standard InChI is InChI=1S/C16H16N4/c1-2-17-16-19-14-11-7-6-10-13(14)15(20-16)18-12-8-4-3-5-9-12/h3-11H,2H2,1H3,(H2,17,18,19,20). The smallest absolute Gasteiger partial charge is 0.225 e. The van der Waals surface area contributed by atoms with Crippen LogP contribution in [-0.2, 0) is 0 Å². The van der Waals surface area contributed by atoms with Crippen LogP contribution >= 0.6 is 0 Å². The minimum Gasteiger partial charge on any atom is -0.354 e. The van der Waals surface area contributed by atoms with E-state index in [1.165, 1.54) is 0 Å². The number of fused-ring (bicyclic) bond motifs is 1. The van der Waals surface area contributed by atoms with E-state index in [9.17, 15) is 0 Å². The van der Waals surface area contributed by atoms with Gasteiger partial charge in [-0.25, -0.2) is 4.98 Å². The van der Waals surface area contributed by atoms with Crippen molar-refractivity contribution in [3.05, 3.63) is 54.6 Å². The Balaban J connectivity index is 2.07. The van der Waals surface area contributed by atoms with E-state index < -0.39 is 0 Å². The van der Waals surface area contributed by atoms with Gasteiger partial charge in [-0.1, -0.05) is 30.3 Å². The third-order valence-corrected chi connectivity index (χ3v) is 2.97. The number of benzene rings is 2. The molecule has 0 aliphatic heterocycles. The van der Waals surface area contributed by atoms with Crippen LogP contribution in [0.25, 0.3) is 10.9 Å². The summed E-state index contributed by atoms with van der Waals surface area (Å²) in [6.45, 7) is 2.83. The highest BCUT2D eigenvalue weighted by molar-refractivity contribution is 5.91. The highest BCUT2D eigenvalue weighted by atomic mass is 15.1. The van der Waals surface area contributed by atoms with Gasteiger partial charge in [-0.3, -0.25) is 0 Å². The van der Waals surface area contributed by atoms with E-state index in [4.69, 9.17) is 0 Å². The molecular weight excluding hydrogens is 248 g/mol. The molecule has 0 saturated carbocycles. The van der Waals surface area contributed by atoms with Gasteiger partial charge in [0, 0.05) is 17.6 Å². The molecule has 0 atom stereocenters. The first-order valence-electron chi connectivity index (χ1n) is 6.69. The Morgan fingerprint density at radius 3 is 2.45 bits per heavy atom. The lowest BCUT2D eigenvalue weighted by Gasteiger charge is -2.11. The molecule has 0 unspecified atom stereocenters. The van der Waals surface area contributed by atoms with Crippen LogP contribution in [-0.4, -0.2) is 16.5 Å². The zero-order valence-corrected chi connectivity index (χ0v) is 11.3. The average Bonchev–Trinajstić information content (AvgIpc) is 2.49. The van der Waals surface area contributed by atoms with Crippen LogP contribution in [0.1, 0.15) is 6.92 Å². The lowest BCUT2D eigenvalue weighted by molar-refractivity contribution is 1.11. The van der Waals surface area contributed by atoms with Crippen LogP contribution < -0.4 is 10.6 Å². The van der Waals surface area contributed by atoms with Gasteiger partial charge in [0.15, 0.2) is 0 Å². The summed E-state index contributed by atoms with van der Waals surface area (Å²) in [6.07, 6.45) is 0. The first kappa shape index (κ1) is 12.4. The summed E-state index contributed by atoms with van der Waals surface area (Å²) in [4.78, 5) is 9.06. The maximum Gasteiger partial charge on any atom is 0.225 e. The molecule has 3 rings (SSSR count). The summed E-state index contributed by atoms with van der Waals surface area (Å²) in [5.41, 5.74) is 1.94. The molecule has 0 spiro atoms. The molecule has 0 amide bonds. The van der Waals surface area contributed by atoms with E-state index >= 15 is 0 Å². The molecule has 1 aromatic heterocycles. The molecule has 100 valence electrons. The number of aromatic nitrogens is 2. The summed E-state index contributed by atoms with van der Waals surface area (Å²) in [7, 11) is 0. The summed E-state index contributed by atoms with van der Waals surface area (Å²) in [5.74, 6) is 1.46. The molecule has 0 saturated heterocycles. The van der Waals surface area contributed by atoms with Crippen LogP contribution in [0.15, 0.2) is 54.6 Å². The number of hydrogen-bond acceptors (Lipinski definition) is 4. The van der Waals surface area contributed by atoms with E-state index in [0.29, 0.717) is 5.95 Å². The van der Waals surface area contributed by atoms with Gasteiger partial charge in [-0.05, 0) is 31.2 Å². The third-order valence-electron chi connectivity index (χ3n) is 2.97. The number of rotatable bonds is 4. The van der Waals surface area contributed by atoms with Crippen molar-refractivity contribution < 1.29 is 0 Å². The summed E-state index contributed by atoms with van der Waals surface area (Å²) < 4.78 is 0. The van der Waals surface area contributed by atoms with Gasteiger partial charge < -0.3 is 10.6 Å². The zero-order chi connectivity index (χ0) is 13.8. The summed E-state index contributed by atoms with van der Waals surface area (Å²) >= 11 is 0. The number of hydrogen-bond donors (Lipinski definition) is 2. The molecule has 0 aliphatic rings. The number of nitrogens with zero attached hydrogens (tertiary/aromatic N) is 2. The van der Waals surface area contributed by atoms with E-state index in [0.717, 1.165) is 29.0 Å². The van der Waals surface area contributed by atoms with Crippen molar-refractivity contribution in [1.82, 2.24) is 9.97 Å². The van der Waals surface area contributed by atoms with E-state index in [2.05, 4.69) is 20.6 Å². The van der Waals surface area contributed by atoms with Gasteiger partial charge in [0.25, 0.3) is 0 Å². The molecule has 20 heavy (non-hydrogen) atoms. The fraction of sp³-hybridized carbons (Fsp3) is 0.125. The minimum absolute atomic E-state index is 0.643. The van der Waals surface area contributed by atoms with E-state index in [1.54, 1.807) is 0 Å². The summed E-state index contributed by atoms with van der Waals surface area (Å²) in [5, 5.41) is 7.53. The predicted molar refractivity (Wildman–Crippen MR) is 83.4 cm³/mol. The lowest BCUT2D eigenvalue weighted by Crippen LogP contribution is -2.05. The normalized spacial score (nSPS) is 10.4. The maximum absolute atomic E-state index is 4.55. The number of nitrogens with one attached hydrogen (secondary N) is 2. The maximum atomic E-state index is 4.55. The van der Waals surface area contributed by atoms with Gasteiger partial charge in [0.1, 0.15) is 5.82 Å². The van der Waals surface area contributed by atoms with Gasteiger partial charge in [-0.15, -0.1) is 0 Å². The fourth-order valence-electron chi connectivity index (χ4n) is 2.07. The van der Waals surface area contributed by atoms with Crippen LogP contribution in [0.2, 0.25) is 0 Å². The molecule has 0 aliphatic carbocycles. The van der Waals surface area contributed by atoms with Crippen molar-refractivity contribution >= 4 is 28.4 Å². The van der Waals surface area contributed by atoms with Gasteiger partial charge >= 0.3 is 0 Å². The van der Waals surface area contributed by atoms with Crippen molar-refractivity contribution in [2.45, 2.75) is 6.92 Å². The van der Waals surface area contributed by atoms with Crippen molar-refractivity contribution in [2.24, 2.45) is 0 Å². The Kier molecular flexibility index (Phi) is 3.46. The second-order valence-electron chi connectivity index (χ2n) is 4.43. The van der Waals surface area contributed by atoms with Gasteiger partial charge in [0.2, 0.25) is 5.95 Å². The lowest BCUT2D eigenvalue weighted by atomic mass is 10.2. The molecular formula is C16H16N4. The highest BCUT2D eigenvalue weighted by Crippen LogP contribution is 2.24. The second-order valence-corrected chi connectivity index (χ2v) is 4.43. The Morgan fingerprint density at radius 1 is 0.900 bits per heavy atom. The average molecular weight is 264 g/mol. The second kappa shape index (κ2) is 5.57. The molecule has 2 aromatic carbocycles. The van der Waals surface area contributed by atoms with Gasteiger partial charge in [0.05, 0.1) is 5.52 Å². The molecule has 0 bridgehead atoms. The SMILES string of the molecule is CCNc1nc(Nc2ccccc2)c2ccccc2n1. The number of anilines is 3. The van der Waals surface area contributed by atoms with Crippen LogP contribution in [0.4, 0.5) is 17.5 Å². The third kappa shape index (κ3) is 2.54. The number of para-hydroxylation sites is 2. The van der Waals surface area contributed by atoms with Crippen molar-refractivity contribution in [3.63, 3.8) is 0 Å². The predicted octanol–water partition coefficient (Wildman–Crippen LogP) is 3.81.